The quantitative estimate of drug-likeness (QED) is 0.312. The minimum absolute atomic E-state index is 0.0260. The van der Waals surface area contributed by atoms with Gasteiger partial charge in [-0.15, -0.1) is 0 Å². The van der Waals surface area contributed by atoms with Crippen LogP contribution >= 0.6 is 0 Å². The van der Waals surface area contributed by atoms with E-state index in [0.29, 0.717) is 72.7 Å². The zero-order valence-corrected chi connectivity index (χ0v) is 24.0. The fourth-order valence-corrected chi connectivity index (χ4v) is 4.61. The molecule has 0 radical (unpaired) electrons. The van der Waals surface area contributed by atoms with Gasteiger partial charge in [0.1, 0.15) is 35.9 Å². The first-order chi connectivity index (χ1) is 19.7. The smallest absolute Gasteiger partial charge is 0.410 e. The van der Waals surface area contributed by atoms with Crippen molar-refractivity contribution in [3.05, 3.63) is 41.0 Å². The van der Waals surface area contributed by atoms with Gasteiger partial charge in [0, 0.05) is 25.2 Å². The lowest BCUT2D eigenvalue weighted by atomic mass is 10.0. The van der Waals surface area contributed by atoms with Crippen LogP contribution in [0.5, 0.6) is 5.75 Å². The third kappa shape index (κ3) is 7.10. The molecule has 12 nitrogen and oxygen atoms in total. The number of anilines is 1. The van der Waals surface area contributed by atoms with Gasteiger partial charge in [-0.2, -0.15) is 0 Å². The Bertz CT molecular complexity index is 1330. The summed E-state index contributed by atoms with van der Waals surface area (Å²) in [6.07, 6.45) is -1.14. The van der Waals surface area contributed by atoms with E-state index in [9.17, 15) is 9.90 Å². The van der Waals surface area contributed by atoms with Crippen molar-refractivity contribution in [3.63, 3.8) is 0 Å². The van der Waals surface area contributed by atoms with Crippen LogP contribution in [0, 0.1) is 26.6 Å². The molecule has 1 fully saturated rings. The maximum atomic E-state index is 15.2. The molecule has 4 rings (SSSR count). The average Bonchev–Trinajstić information content (AvgIpc) is 3.29. The second-order valence-corrected chi connectivity index (χ2v) is 9.73. The fourth-order valence-electron chi connectivity index (χ4n) is 4.61. The Kier molecular flexibility index (Phi) is 10.1. The molecule has 222 valence electrons. The van der Waals surface area contributed by atoms with Crippen molar-refractivity contribution in [2.75, 3.05) is 58.4 Å². The number of amides is 1. The van der Waals surface area contributed by atoms with Crippen molar-refractivity contribution in [1.82, 2.24) is 25.3 Å². The van der Waals surface area contributed by atoms with Gasteiger partial charge in [-0.3, -0.25) is 4.90 Å². The molecule has 13 heteroatoms. The molecule has 0 saturated carbocycles. The molecule has 0 unspecified atom stereocenters. The SMILES string of the molecule is CCOC(=O)N1CCOC[C@@H]1CNc1nc(-c2cc(OC[C@@H](O)CNC)ccc2F)nc(-c2c(C)noc2C)c1C. The summed E-state index contributed by atoms with van der Waals surface area (Å²) in [4.78, 5) is 23.6. The summed E-state index contributed by atoms with van der Waals surface area (Å²) in [6.45, 7) is 9.32. The van der Waals surface area contributed by atoms with Crippen LogP contribution < -0.4 is 15.4 Å². The molecule has 2 aromatic heterocycles. The number of likely N-dealkylation sites (N-methyl/N-ethyl adjacent to an activating group) is 1. The number of hydrogen-bond acceptors (Lipinski definition) is 11. The molecule has 1 aromatic carbocycles. The Balaban J connectivity index is 1.70. The molecule has 1 aliphatic heterocycles. The number of aryl methyl sites for hydroxylation is 2. The third-order valence-electron chi connectivity index (χ3n) is 6.71. The van der Waals surface area contributed by atoms with Gasteiger partial charge < -0.3 is 34.5 Å². The van der Waals surface area contributed by atoms with Gasteiger partial charge in [-0.25, -0.2) is 19.2 Å². The van der Waals surface area contributed by atoms with Gasteiger partial charge in [0.15, 0.2) is 5.82 Å². The van der Waals surface area contributed by atoms with Crippen LogP contribution in [0.1, 0.15) is 23.9 Å². The molecule has 3 aromatic rings. The minimum Gasteiger partial charge on any atom is -0.491 e. The van der Waals surface area contributed by atoms with Crippen LogP contribution in [-0.2, 0) is 9.47 Å². The lowest BCUT2D eigenvalue weighted by Gasteiger charge is -2.35. The van der Waals surface area contributed by atoms with Crippen molar-refractivity contribution < 1.29 is 33.0 Å². The van der Waals surface area contributed by atoms with E-state index in [-0.39, 0.29) is 30.6 Å². The summed E-state index contributed by atoms with van der Waals surface area (Å²) >= 11 is 0. The highest BCUT2D eigenvalue weighted by molar-refractivity contribution is 5.75. The second-order valence-electron chi connectivity index (χ2n) is 9.73. The number of ether oxygens (including phenoxy) is 3. The Morgan fingerprint density at radius 2 is 2.10 bits per heavy atom. The van der Waals surface area contributed by atoms with Crippen molar-refractivity contribution in [1.29, 1.82) is 0 Å². The number of carbonyl (C=O) groups is 1. The number of morpholine rings is 1. The Labute approximate surface area is 238 Å². The maximum absolute atomic E-state index is 15.2. The normalized spacial score (nSPS) is 16.0. The fraction of sp³-hybridized carbons (Fsp3) is 0.500. The summed E-state index contributed by atoms with van der Waals surface area (Å²) in [5, 5.41) is 20.3. The van der Waals surface area contributed by atoms with Crippen LogP contribution in [0.15, 0.2) is 22.7 Å². The van der Waals surface area contributed by atoms with Gasteiger partial charge in [-0.05, 0) is 52.9 Å². The lowest BCUT2D eigenvalue weighted by molar-refractivity contribution is -0.00379. The number of nitrogens with one attached hydrogen (secondary N) is 2. The van der Waals surface area contributed by atoms with Gasteiger partial charge in [0.25, 0.3) is 0 Å². The van der Waals surface area contributed by atoms with Crippen LogP contribution in [-0.4, -0.2) is 96.5 Å². The predicted octanol–water partition coefficient (Wildman–Crippen LogP) is 3.09. The van der Waals surface area contributed by atoms with Crippen molar-refractivity contribution in [3.8, 4) is 28.4 Å². The number of rotatable bonds is 11. The van der Waals surface area contributed by atoms with E-state index in [4.69, 9.17) is 23.7 Å². The molecule has 0 spiro atoms. The van der Waals surface area contributed by atoms with E-state index in [1.165, 1.54) is 18.2 Å². The van der Waals surface area contributed by atoms with Gasteiger partial charge in [-0.1, -0.05) is 5.16 Å². The predicted molar refractivity (Wildman–Crippen MR) is 149 cm³/mol. The van der Waals surface area contributed by atoms with E-state index in [2.05, 4.69) is 20.8 Å². The molecule has 3 heterocycles. The number of carbonyl (C=O) groups excluding carboxylic acids is 1. The topological polar surface area (TPSA) is 144 Å². The highest BCUT2D eigenvalue weighted by Crippen LogP contribution is 2.34. The number of aliphatic hydroxyl groups is 1. The first kappa shape index (κ1) is 30.2. The zero-order chi connectivity index (χ0) is 29.5. The summed E-state index contributed by atoms with van der Waals surface area (Å²) in [7, 11) is 1.73. The molecule has 41 heavy (non-hydrogen) atoms. The molecule has 1 amide bonds. The number of hydrogen-bond donors (Lipinski definition) is 3. The number of aliphatic hydroxyl groups excluding tert-OH is 1. The van der Waals surface area contributed by atoms with E-state index >= 15 is 4.39 Å². The number of aromatic nitrogens is 3. The first-order valence-corrected chi connectivity index (χ1v) is 13.6. The van der Waals surface area contributed by atoms with E-state index in [1.54, 1.807) is 25.8 Å². The van der Waals surface area contributed by atoms with E-state index < -0.39 is 18.0 Å². The monoisotopic (exact) mass is 572 g/mol. The minimum atomic E-state index is -0.732. The summed E-state index contributed by atoms with van der Waals surface area (Å²) in [6, 6.07) is 3.96. The summed E-state index contributed by atoms with van der Waals surface area (Å²) in [5.41, 5.74) is 2.67. The summed E-state index contributed by atoms with van der Waals surface area (Å²) in [5.74, 6) is 0.954. The molecule has 0 bridgehead atoms. The van der Waals surface area contributed by atoms with E-state index in [1.807, 2.05) is 13.8 Å². The van der Waals surface area contributed by atoms with Crippen LogP contribution in [0.4, 0.5) is 15.0 Å². The molecule has 2 atom stereocenters. The average molecular weight is 573 g/mol. The van der Waals surface area contributed by atoms with Gasteiger partial charge >= 0.3 is 6.09 Å². The van der Waals surface area contributed by atoms with Crippen molar-refractivity contribution in [2.24, 2.45) is 0 Å². The molecule has 1 saturated heterocycles. The van der Waals surface area contributed by atoms with Crippen molar-refractivity contribution >= 4 is 11.9 Å². The highest BCUT2D eigenvalue weighted by Gasteiger charge is 2.29. The standard InChI is InChI=1S/C28H37FN6O6/c1-6-39-28(37)35-9-10-38-14-19(35)12-31-26-16(2)25(24-17(3)34-41-18(24)4)32-27(33-26)22-11-21(7-8-23(22)29)40-15-20(36)13-30-5/h7-8,11,19-20,30,36H,6,9-10,12-15H2,1-5H3,(H,31,32,33)/t19-,20-/m0/s1. The number of nitrogens with zero attached hydrogens (tertiary/aromatic N) is 4. The third-order valence-corrected chi connectivity index (χ3v) is 6.71. The Morgan fingerprint density at radius 3 is 2.80 bits per heavy atom. The lowest BCUT2D eigenvalue weighted by Crippen LogP contribution is -2.52. The largest absolute Gasteiger partial charge is 0.491 e. The zero-order valence-electron chi connectivity index (χ0n) is 24.0. The summed E-state index contributed by atoms with van der Waals surface area (Å²) < 4.78 is 37.1. The van der Waals surface area contributed by atoms with Gasteiger partial charge in [0.05, 0.1) is 48.4 Å². The Hall–Kier alpha value is -3.81. The molecular weight excluding hydrogens is 535 g/mol. The van der Waals surface area contributed by atoms with Crippen LogP contribution in [0.3, 0.4) is 0 Å². The second kappa shape index (κ2) is 13.7. The van der Waals surface area contributed by atoms with Crippen LogP contribution in [0.25, 0.3) is 22.6 Å². The van der Waals surface area contributed by atoms with Crippen LogP contribution in [0.2, 0.25) is 0 Å². The molecular formula is C28H37FN6O6. The maximum Gasteiger partial charge on any atom is 0.410 e. The number of benzene rings is 1. The Morgan fingerprint density at radius 1 is 1.29 bits per heavy atom. The number of halogens is 1. The highest BCUT2D eigenvalue weighted by atomic mass is 19.1. The molecule has 1 aliphatic rings. The van der Waals surface area contributed by atoms with Crippen molar-refractivity contribution in [2.45, 2.75) is 39.8 Å². The molecule has 3 N–H and O–H groups in total. The first-order valence-electron chi connectivity index (χ1n) is 13.6. The van der Waals surface area contributed by atoms with E-state index in [0.717, 1.165) is 0 Å². The van der Waals surface area contributed by atoms with Gasteiger partial charge in [0.2, 0.25) is 0 Å². The molecule has 0 aliphatic carbocycles.